The SMILES string of the molecule is COC(=O)C(C(=O)C(=O)Nc1ccc([N+](=O)[O-])cc1)c1nc2cc(C)c(C)cc2[nH]c1=O. The van der Waals surface area contributed by atoms with Crippen LogP contribution < -0.4 is 10.9 Å². The number of nitro benzene ring substituents is 1. The predicted molar refractivity (Wildman–Crippen MR) is 113 cm³/mol. The molecule has 0 bridgehead atoms. The van der Waals surface area contributed by atoms with Crippen molar-refractivity contribution in [3.8, 4) is 0 Å². The molecule has 0 aliphatic carbocycles. The number of ether oxygens (including phenoxy) is 1. The molecule has 0 saturated heterocycles. The summed E-state index contributed by atoms with van der Waals surface area (Å²) in [5, 5.41) is 13.0. The molecule has 3 rings (SSSR count). The molecule has 0 saturated carbocycles. The van der Waals surface area contributed by atoms with Crippen LogP contribution in [0, 0.1) is 24.0 Å². The summed E-state index contributed by atoms with van der Waals surface area (Å²) in [7, 11) is 1.01. The highest BCUT2D eigenvalue weighted by atomic mass is 16.6. The number of nitrogens with zero attached hydrogens (tertiary/aromatic N) is 2. The standard InChI is InChI=1S/C21H18N4O7/c1-10-8-14-15(9-11(10)2)24-19(27)17(23-14)16(21(29)32-3)18(26)20(28)22-12-4-6-13(7-5-12)25(30)31/h4-9,16H,1-3H3,(H,22,28)(H,24,27). The Bertz CT molecular complexity index is 1310. The van der Waals surface area contributed by atoms with E-state index in [1.54, 1.807) is 12.1 Å². The van der Waals surface area contributed by atoms with Gasteiger partial charge in [-0.3, -0.25) is 29.3 Å². The Morgan fingerprint density at radius 2 is 1.75 bits per heavy atom. The molecule has 0 spiro atoms. The molecule has 2 aromatic carbocycles. The van der Waals surface area contributed by atoms with E-state index in [0.29, 0.717) is 11.0 Å². The number of Topliss-reactive ketones (excluding diaryl/α,β-unsaturated/α-hetero) is 1. The van der Waals surface area contributed by atoms with Gasteiger partial charge in [0.25, 0.3) is 17.2 Å². The molecule has 0 fully saturated rings. The van der Waals surface area contributed by atoms with Gasteiger partial charge in [-0.15, -0.1) is 0 Å². The zero-order chi connectivity index (χ0) is 23.6. The maximum atomic E-state index is 12.8. The molecular formula is C21H18N4O7. The van der Waals surface area contributed by atoms with E-state index in [9.17, 15) is 29.3 Å². The van der Waals surface area contributed by atoms with E-state index in [4.69, 9.17) is 0 Å². The zero-order valence-electron chi connectivity index (χ0n) is 17.3. The first-order chi connectivity index (χ1) is 15.1. The van der Waals surface area contributed by atoms with Crippen molar-refractivity contribution in [1.82, 2.24) is 9.97 Å². The Morgan fingerprint density at radius 3 is 2.34 bits per heavy atom. The van der Waals surface area contributed by atoms with Gasteiger partial charge in [-0.1, -0.05) is 0 Å². The average Bonchev–Trinajstić information content (AvgIpc) is 2.75. The van der Waals surface area contributed by atoms with Crippen LogP contribution in [0.5, 0.6) is 0 Å². The number of benzene rings is 2. The number of H-pyrrole nitrogens is 1. The lowest BCUT2D eigenvalue weighted by Gasteiger charge is -2.13. The normalized spacial score (nSPS) is 11.6. The topological polar surface area (TPSA) is 161 Å². The number of nitrogens with one attached hydrogen (secondary N) is 2. The fourth-order valence-electron chi connectivity index (χ4n) is 3.01. The third-order valence-corrected chi connectivity index (χ3v) is 4.87. The number of rotatable bonds is 6. The van der Waals surface area contributed by atoms with Crippen molar-refractivity contribution >= 4 is 40.1 Å². The Morgan fingerprint density at radius 1 is 1.12 bits per heavy atom. The number of carbonyl (C=O) groups excluding carboxylic acids is 3. The quantitative estimate of drug-likeness (QED) is 0.194. The Kier molecular flexibility index (Phi) is 6.10. The second-order valence-corrected chi connectivity index (χ2v) is 6.98. The number of aryl methyl sites for hydroxylation is 2. The minimum absolute atomic E-state index is 0.0871. The number of fused-ring (bicyclic) bond motifs is 1. The highest BCUT2D eigenvalue weighted by Crippen LogP contribution is 2.20. The van der Waals surface area contributed by atoms with Crippen molar-refractivity contribution in [2.24, 2.45) is 0 Å². The van der Waals surface area contributed by atoms with E-state index in [0.717, 1.165) is 30.4 Å². The van der Waals surface area contributed by atoms with Gasteiger partial charge in [0.1, 0.15) is 5.69 Å². The molecular weight excluding hydrogens is 420 g/mol. The van der Waals surface area contributed by atoms with Crippen molar-refractivity contribution in [3.05, 3.63) is 73.7 Å². The number of non-ortho nitro benzene ring substituents is 1. The van der Waals surface area contributed by atoms with Gasteiger partial charge in [0.15, 0.2) is 5.92 Å². The number of hydrogen-bond donors (Lipinski definition) is 2. The summed E-state index contributed by atoms with van der Waals surface area (Å²) in [6.45, 7) is 3.69. The number of nitro groups is 1. The van der Waals surface area contributed by atoms with Crippen LogP contribution in [0.25, 0.3) is 11.0 Å². The molecule has 1 unspecified atom stereocenters. The van der Waals surface area contributed by atoms with Crippen LogP contribution in [0.4, 0.5) is 11.4 Å². The minimum Gasteiger partial charge on any atom is -0.468 e. The van der Waals surface area contributed by atoms with E-state index >= 15 is 0 Å². The molecule has 2 N–H and O–H groups in total. The molecule has 0 aliphatic heterocycles. The van der Waals surface area contributed by atoms with Crippen molar-refractivity contribution in [2.45, 2.75) is 19.8 Å². The number of ketones is 1. The summed E-state index contributed by atoms with van der Waals surface area (Å²) >= 11 is 0. The summed E-state index contributed by atoms with van der Waals surface area (Å²) in [6.07, 6.45) is 0. The van der Waals surface area contributed by atoms with E-state index < -0.39 is 39.8 Å². The summed E-state index contributed by atoms with van der Waals surface area (Å²) < 4.78 is 4.63. The van der Waals surface area contributed by atoms with Crippen molar-refractivity contribution in [2.75, 3.05) is 12.4 Å². The third kappa shape index (κ3) is 4.36. The molecule has 3 aromatic rings. The highest BCUT2D eigenvalue weighted by Gasteiger charge is 2.37. The molecule has 0 aliphatic rings. The van der Waals surface area contributed by atoms with Crippen LogP contribution in [-0.2, 0) is 19.1 Å². The van der Waals surface area contributed by atoms with Crippen molar-refractivity contribution < 1.29 is 24.0 Å². The molecule has 11 heteroatoms. The van der Waals surface area contributed by atoms with Gasteiger partial charge in [-0.25, -0.2) is 4.98 Å². The molecule has 32 heavy (non-hydrogen) atoms. The minimum atomic E-state index is -1.90. The number of aromatic amines is 1. The van der Waals surface area contributed by atoms with Crippen molar-refractivity contribution in [1.29, 1.82) is 0 Å². The van der Waals surface area contributed by atoms with Crippen LogP contribution in [0.2, 0.25) is 0 Å². The number of amides is 1. The van der Waals surface area contributed by atoms with Crippen LogP contribution in [-0.4, -0.2) is 39.7 Å². The first-order valence-electron chi connectivity index (χ1n) is 9.31. The molecule has 164 valence electrons. The van der Waals surface area contributed by atoms with Crippen LogP contribution >= 0.6 is 0 Å². The first kappa shape index (κ1) is 22.3. The summed E-state index contributed by atoms with van der Waals surface area (Å²) in [5.74, 6) is -5.50. The van der Waals surface area contributed by atoms with Gasteiger partial charge >= 0.3 is 5.97 Å². The Balaban J connectivity index is 1.98. The highest BCUT2D eigenvalue weighted by molar-refractivity contribution is 6.45. The lowest BCUT2D eigenvalue weighted by molar-refractivity contribution is -0.384. The Labute approximate surface area is 180 Å². The third-order valence-electron chi connectivity index (χ3n) is 4.87. The van der Waals surface area contributed by atoms with Gasteiger partial charge in [0.05, 0.1) is 23.1 Å². The van der Waals surface area contributed by atoms with Crippen LogP contribution in [0.3, 0.4) is 0 Å². The molecule has 1 aromatic heterocycles. The maximum Gasteiger partial charge on any atom is 0.323 e. The van der Waals surface area contributed by atoms with Gasteiger partial charge in [0.2, 0.25) is 5.78 Å². The summed E-state index contributed by atoms with van der Waals surface area (Å²) in [6, 6.07) is 8.11. The lowest BCUT2D eigenvalue weighted by Crippen LogP contribution is -2.37. The van der Waals surface area contributed by atoms with Gasteiger partial charge in [-0.2, -0.15) is 0 Å². The maximum absolute atomic E-state index is 12.8. The fourth-order valence-corrected chi connectivity index (χ4v) is 3.01. The number of aromatic nitrogens is 2. The summed E-state index contributed by atoms with van der Waals surface area (Å²) in [5.41, 5.74) is 1.12. The largest absolute Gasteiger partial charge is 0.468 e. The van der Waals surface area contributed by atoms with E-state index in [1.807, 2.05) is 13.8 Å². The fraction of sp³-hybridized carbons (Fsp3) is 0.190. The van der Waals surface area contributed by atoms with E-state index in [-0.39, 0.29) is 11.4 Å². The second kappa shape index (κ2) is 8.76. The van der Waals surface area contributed by atoms with E-state index in [2.05, 4.69) is 20.0 Å². The average molecular weight is 438 g/mol. The van der Waals surface area contributed by atoms with Crippen molar-refractivity contribution in [3.63, 3.8) is 0 Å². The Hall–Kier alpha value is -4.41. The van der Waals surface area contributed by atoms with Gasteiger partial charge < -0.3 is 15.0 Å². The van der Waals surface area contributed by atoms with Gasteiger partial charge in [0, 0.05) is 17.8 Å². The lowest BCUT2D eigenvalue weighted by atomic mass is 9.99. The molecule has 1 amide bonds. The van der Waals surface area contributed by atoms with Crippen LogP contribution in [0.1, 0.15) is 22.7 Å². The smallest absolute Gasteiger partial charge is 0.323 e. The van der Waals surface area contributed by atoms with E-state index in [1.165, 1.54) is 12.1 Å². The predicted octanol–water partition coefficient (Wildman–Crippen LogP) is 1.91. The zero-order valence-corrected chi connectivity index (χ0v) is 17.3. The molecule has 0 radical (unpaired) electrons. The monoisotopic (exact) mass is 438 g/mol. The van der Waals surface area contributed by atoms with Crippen LogP contribution in [0.15, 0.2) is 41.2 Å². The summed E-state index contributed by atoms with van der Waals surface area (Å²) in [4.78, 5) is 67.1. The first-order valence-corrected chi connectivity index (χ1v) is 9.31. The van der Waals surface area contributed by atoms with Gasteiger partial charge in [-0.05, 0) is 49.2 Å². The number of anilines is 1. The number of methoxy groups -OCH3 is 1. The number of hydrogen-bond acceptors (Lipinski definition) is 8. The molecule has 1 heterocycles. The second-order valence-electron chi connectivity index (χ2n) is 6.98. The number of esters is 1. The molecule has 11 nitrogen and oxygen atoms in total. The molecule has 1 atom stereocenters. The number of carbonyl (C=O) groups is 3.